The molecule has 54 valence electrons. The van der Waals surface area contributed by atoms with Gasteiger partial charge in [-0.3, -0.25) is 4.79 Å². The zero-order valence-corrected chi connectivity index (χ0v) is 6.66. The highest BCUT2D eigenvalue weighted by Gasteiger charge is 2.02. The normalized spacial score (nSPS) is 9.40. The zero-order valence-electron chi connectivity index (χ0n) is 5.84. The van der Waals surface area contributed by atoms with E-state index in [1.807, 2.05) is 0 Å². The molecule has 0 aromatic carbocycles. The number of nitrogens with zero attached hydrogens (tertiary/aromatic N) is 1. The van der Waals surface area contributed by atoms with Gasteiger partial charge in [0.15, 0.2) is 10.9 Å². The zero-order chi connectivity index (χ0) is 7.56. The molecule has 0 spiro atoms. The second-order valence-electron chi connectivity index (χ2n) is 1.84. The summed E-state index contributed by atoms with van der Waals surface area (Å²) >= 11 is 1.43. The minimum Gasteiger partial charge on any atom is -0.365 e. The lowest BCUT2D eigenvalue weighted by molar-refractivity contribution is 0.101. The Morgan fingerprint density at radius 2 is 2.50 bits per heavy atom. The monoisotopic (exact) mass is 156 g/mol. The molecule has 0 amide bonds. The van der Waals surface area contributed by atoms with Gasteiger partial charge >= 0.3 is 0 Å². The van der Waals surface area contributed by atoms with Crippen LogP contribution in [0, 0.1) is 0 Å². The van der Waals surface area contributed by atoms with Gasteiger partial charge in [0.1, 0.15) is 5.69 Å². The lowest BCUT2D eigenvalue weighted by Crippen LogP contribution is -1.93. The molecule has 10 heavy (non-hydrogen) atoms. The number of anilines is 1. The number of thiazole rings is 1. The van der Waals surface area contributed by atoms with Crippen LogP contribution < -0.4 is 5.32 Å². The second kappa shape index (κ2) is 2.79. The Hall–Kier alpha value is -0.900. The Morgan fingerprint density at radius 1 is 1.80 bits per heavy atom. The first kappa shape index (κ1) is 7.21. The molecule has 0 atom stereocenters. The third-order valence-corrected chi connectivity index (χ3v) is 1.94. The van der Waals surface area contributed by atoms with Gasteiger partial charge in [0.25, 0.3) is 0 Å². The van der Waals surface area contributed by atoms with E-state index in [4.69, 9.17) is 0 Å². The van der Waals surface area contributed by atoms with Crippen LogP contribution in [0.4, 0.5) is 5.13 Å². The van der Waals surface area contributed by atoms with Crippen molar-refractivity contribution in [3.63, 3.8) is 0 Å². The van der Waals surface area contributed by atoms with Crippen molar-refractivity contribution in [2.75, 3.05) is 12.4 Å². The summed E-state index contributed by atoms with van der Waals surface area (Å²) in [5.41, 5.74) is 0.536. The Balaban J connectivity index is 2.88. The van der Waals surface area contributed by atoms with Crippen LogP contribution in [0.1, 0.15) is 17.4 Å². The first-order chi connectivity index (χ1) is 4.74. The summed E-state index contributed by atoms with van der Waals surface area (Å²) in [6.45, 7) is 1.51. The van der Waals surface area contributed by atoms with E-state index >= 15 is 0 Å². The molecule has 0 aliphatic heterocycles. The van der Waals surface area contributed by atoms with Gasteiger partial charge in [0.05, 0.1) is 0 Å². The summed E-state index contributed by atoms with van der Waals surface area (Å²) in [5, 5.41) is 5.38. The van der Waals surface area contributed by atoms with Crippen LogP contribution in [0.5, 0.6) is 0 Å². The number of Topliss-reactive ketones (excluding diaryl/α,β-unsaturated/α-hetero) is 1. The van der Waals surface area contributed by atoms with Crippen molar-refractivity contribution >= 4 is 22.3 Å². The predicted octanol–water partition coefficient (Wildman–Crippen LogP) is 1.39. The molecule has 0 aliphatic carbocycles. The van der Waals surface area contributed by atoms with Crippen LogP contribution in [0.3, 0.4) is 0 Å². The van der Waals surface area contributed by atoms with Crippen LogP contribution in [-0.4, -0.2) is 17.8 Å². The van der Waals surface area contributed by atoms with Gasteiger partial charge in [-0.1, -0.05) is 0 Å². The van der Waals surface area contributed by atoms with Crippen molar-refractivity contribution in [2.45, 2.75) is 6.92 Å². The van der Waals surface area contributed by atoms with E-state index < -0.39 is 0 Å². The summed E-state index contributed by atoms with van der Waals surface area (Å²) in [6.07, 6.45) is 0. The van der Waals surface area contributed by atoms with Crippen molar-refractivity contribution in [3.05, 3.63) is 11.1 Å². The average molecular weight is 156 g/mol. The standard InChI is InChI=1S/C6H8N2OS/c1-4(9)5-3-10-6(7-2)8-5/h3H,1-2H3,(H,7,8). The van der Waals surface area contributed by atoms with Crippen LogP contribution in [0.2, 0.25) is 0 Å². The molecule has 1 N–H and O–H groups in total. The highest BCUT2D eigenvalue weighted by molar-refractivity contribution is 7.13. The van der Waals surface area contributed by atoms with Crippen LogP contribution in [0.25, 0.3) is 0 Å². The van der Waals surface area contributed by atoms with Crippen molar-refractivity contribution in [1.82, 2.24) is 4.98 Å². The average Bonchev–Trinajstić information content (AvgIpc) is 2.34. The fourth-order valence-corrected chi connectivity index (χ4v) is 1.26. The minimum absolute atomic E-state index is 0.0118. The molecule has 0 radical (unpaired) electrons. The van der Waals surface area contributed by atoms with Crippen LogP contribution in [0.15, 0.2) is 5.38 Å². The molecule has 1 rings (SSSR count). The van der Waals surface area contributed by atoms with Gasteiger partial charge in [-0.05, 0) is 0 Å². The van der Waals surface area contributed by atoms with Crippen LogP contribution in [-0.2, 0) is 0 Å². The Bertz CT molecular complexity index is 244. The van der Waals surface area contributed by atoms with Gasteiger partial charge < -0.3 is 5.32 Å². The number of rotatable bonds is 2. The largest absolute Gasteiger partial charge is 0.365 e. The maximum Gasteiger partial charge on any atom is 0.183 e. The fraction of sp³-hybridized carbons (Fsp3) is 0.333. The van der Waals surface area contributed by atoms with Crippen molar-refractivity contribution in [2.24, 2.45) is 0 Å². The van der Waals surface area contributed by atoms with Gasteiger partial charge in [0, 0.05) is 19.4 Å². The Morgan fingerprint density at radius 3 is 2.80 bits per heavy atom. The third kappa shape index (κ3) is 1.33. The molecule has 0 fully saturated rings. The summed E-state index contributed by atoms with van der Waals surface area (Å²) in [4.78, 5) is 14.7. The molecular formula is C6H8N2OS. The predicted molar refractivity (Wildman–Crippen MR) is 41.7 cm³/mol. The fourth-order valence-electron chi connectivity index (χ4n) is 0.550. The number of hydrogen-bond acceptors (Lipinski definition) is 4. The minimum atomic E-state index is 0.0118. The summed E-state index contributed by atoms with van der Waals surface area (Å²) < 4.78 is 0. The number of hydrogen-bond donors (Lipinski definition) is 1. The molecule has 0 saturated carbocycles. The number of carbonyl (C=O) groups excluding carboxylic acids is 1. The van der Waals surface area contributed by atoms with E-state index in [-0.39, 0.29) is 5.78 Å². The van der Waals surface area contributed by atoms with Gasteiger partial charge in [-0.15, -0.1) is 11.3 Å². The molecule has 1 aromatic rings. The van der Waals surface area contributed by atoms with Crippen molar-refractivity contribution in [1.29, 1.82) is 0 Å². The Kier molecular flexibility index (Phi) is 2.01. The Labute approximate surface area is 63.1 Å². The van der Waals surface area contributed by atoms with Gasteiger partial charge in [-0.2, -0.15) is 0 Å². The number of nitrogens with one attached hydrogen (secondary N) is 1. The summed E-state index contributed by atoms with van der Waals surface area (Å²) in [7, 11) is 1.78. The topological polar surface area (TPSA) is 42.0 Å². The molecule has 1 aromatic heterocycles. The van der Waals surface area contributed by atoms with Crippen molar-refractivity contribution < 1.29 is 4.79 Å². The van der Waals surface area contributed by atoms with E-state index in [0.717, 1.165) is 5.13 Å². The van der Waals surface area contributed by atoms with Crippen LogP contribution >= 0.6 is 11.3 Å². The van der Waals surface area contributed by atoms with E-state index in [1.54, 1.807) is 12.4 Å². The molecule has 0 bridgehead atoms. The lowest BCUT2D eigenvalue weighted by atomic mass is 10.4. The highest BCUT2D eigenvalue weighted by atomic mass is 32.1. The van der Waals surface area contributed by atoms with Gasteiger partial charge in [-0.25, -0.2) is 4.98 Å². The molecule has 4 heteroatoms. The van der Waals surface area contributed by atoms with Crippen molar-refractivity contribution in [3.8, 4) is 0 Å². The molecule has 0 unspecified atom stereocenters. The first-order valence-electron chi connectivity index (χ1n) is 2.88. The molecule has 0 saturated heterocycles. The maximum absolute atomic E-state index is 10.7. The highest BCUT2D eigenvalue weighted by Crippen LogP contribution is 2.14. The first-order valence-corrected chi connectivity index (χ1v) is 3.76. The van der Waals surface area contributed by atoms with E-state index in [9.17, 15) is 4.79 Å². The molecule has 0 aliphatic rings. The molecule has 1 heterocycles. The summed E-state index contributed by atoms with van der Waals surface area (Å²) in [6, 6.07) is 0. The van der Waals surface area contributed by atoms with E-state index in [1.165, 1.54) is 18.3 Å². The van der Waals surface area contributed by atoms with E-state index in [2.05, 4.69) is 10.3 Å². The second-order valence-corrected chi connectivity index (χ2v) is 2.70. The third-order valence-electron chi connectivity index (χ3n) is 1.08. The lowest BCUT2D eigenvalue weighted by Gasteiger charge is -1.86. The number of aromatic nitrogens is 1. The summed E-state index contributed by atoms with van der Waals surface area (Å²) in [5.74, 6) is 0.0118. The quantitative estimate of drug-likeness (QED) is 0.658. The molecule has 3 nitrogen and oxygen atoms in total. The molecular weight excluding hydrogens is 148 g/mol. The maximum atomic E-state index is 10.7. The number of carbonyl (C=O) groups is 1. The SMILES string of the molecule is CNc1nc(C(C)=O)cs1. The number of ketones is 1. The smallest absolute Gasteiger partial charge is 0.183 e. The van der Waals surface area contributed by atoms with Gasteiger partial charge in [0.2, 0.25) is 0 Å². The van der Waals surface area contributed by atoms with E-state index in [0.29, 0.717) is 5.69 Å².